The molecule has 0 aromatic heterocycles. The maximum absolute atomic E-state index is 13.3. The number of sulfone groups is 1. The summed E-state index contributed by atoms with van der Waals surface area (Å²) < 4.78 is 24.4. The SMILES string of the molecule is CS(=O)(=O)c1ccccc1-c1ccc(NC(=O)[C@H](Cc2ccccc2)NC(=O)Nc2ccccc2Cl)cc1. The number of rotatable bonds is 8. The molecule has 0 spiro atoms. The number of carbonyl (C=O) groups is 2. The van der Waals surface area contributed by atoms with E-state index in [0.717, 1.165) is 5.56 Å². The lowest BCUT2D eigenvalue weighted by Gasteiger charge is -2.19. The van der Waals surface area contributed by atoms with Crippen molar-refractivity contribution >= 4 is 44.8 Å². The van der Waals surface area contributed by atoms with Gasteiger partial charge in [0.1, 0.15) is 6.04 Å². The Kier molecular flexibility index (Phi) is 8.45. The van der Waals surface area contributed by atoms with Crippen LogP contribution < -0.4 is 16.0 Å². The van der Waals surface area contributed by atoms with Crippen molar-refractivity contribution in [3.63, 3.8) is 0 Å². The maximum atomic E-state index is 13.3. The molecule has 4 aromatic rings. The van der Waals surface area contributed by atoms with Gasteiger partial charge in [0.2, 0.25) is 5.91 Å². The highest BCUT2D eigenvalue weighted by atomic mass is 35.5. The third kappa shape index (κ3) is 7.00. The molecule has 0 fully saturated rings. The summed E-state index contributed by atoms with van der Waals surface area (Å²) in [6.45, 7) is 0. The second kappa shape index (κ2) is 11.9. The van der Waals surface area contributed by atoms with E-state index in [4.69, 9.17) is 11.6 Å². The summed E-state index contributed by atoms with van der Waals surface area (Å²) in [5.41, 5.74) is 3.07. The summed E-state index contributed by atoms with van der Waals surface area (Å²) in [4.78, 5) is 26.2. The number of para-hydroxylation sites is 1. The third-order valence-corrected chi connectivity index (χ3v) is 7.26. The van der Waals surface area contributed by atoms with Crippen LogP contribution in [0.3, 0.4) is 0 Å². The quantitative estimate of drug-likeness (QED) is 0.260. The van der Waals surface area contributed by atoms with Gasteiger partial charge in [0.05, 0.1) is 15.6 Å². The number of urea groups is 1. The van der Waals surface area contributed by atoms with Gasteiger partial charge in [-0.3, -0.25) is 4.79 Å². The van der Waals surface area contributed by atoms with Gasteiger partial charge in [-0.1, -0.05) is 84.4 Å². The van der Waals surface area contributed by atoms with Gasteiger partial charge >= 0.3 is 6.03 Å². The predicted molar refractivity (Wildman–Crippen MR) is 151 cm³/mol. The van der Waals surface area contributed by atoms with Crippen LogP contribution in [0.5, 0.6) is 0 Å². The number of hydrogen-bond acceptors (Lipinski definition) is 4. The molecular formula is C29H26ClN3O4S. The normalized spacial score (nSPS) is 11.8. The van der Waals surface area contributed by atoms with E-state index in [-0.39, 0.29) is 11.3 Å². The van der Waals surface area contributed by atoms with Crippen LogP contribution in [0, 0.1) is 0 Å². The number of hydrogen-bond donors (Lipinski definition) is 3. The van der Waals surface area contributed by atoms with Crippen molar-refractivity contribution < 1.29 is 18.0 Å². The van der Waals surface area contributed by atoms with E-state index >= 15 is 0 Å². The van der Waals surface area contributed by atoms with Gasteiger partial charge in [0, 0.05) is 23.9 Å². The van der Waals surface area contributed by atoms with Crippen LogP contribution in [0.25, 0.3) is 11.1 Å². The summed E-state index contributed by atoms with van der Waals surface area (Å²) >= 11 is 6.14. The van der Waals surface area contributed by atoms with Crippen molar-refractivity contribution in [1.29, 1.82) is 0 Å². The van der Waals surface area contributed by atoms with E-state index < -0.39 is 27.8 Å². The molecule has 194 valence electrons. The molecular weight excluding hydrogens is 522 g/mol. The molecule has 0 unspecified atom stereocenters. The topological polar surface area (TPSA) is 104 Å². The smallest absolute Gasteiger partial charge is 0.319 e. The van der Waals surface area contributed by atoms with Crippen molar-refractivity contribution in [2.24, 2.45) is 0 Å². The lowest BCUT2D eigenvalue weighted by molar-refractivity contribution is -0.117. The van der Waals surface area contributed by atoms with E-state index in [1.165, 1.54) is 6.26 Å². The number of anilines is 2. The number of halogens is 1. The lowest BCUT2D eigenvalue weighted by atomic mass is 10.0. The highest BCUT2D eigenvalue weighted by Crippen LogP contribution is 2.28. The standard InChI is InChI=1S/C29H26ClN3O4S/c1-38(36,37)27-14-8-5-11-23(27)21-15-17-22(18-16-21)31-28(34)26(19-20-9-3-2-4-10-20)33-29(35)32-25-13-7-6-12-24(25)30/h2-18,26H,19H2,1H3,(H,31,34)(H2,32,33,35)/t26-/m0/s1. The molecule has 1 atom stereocenters. The van der Waals surface area contributed by atoms with Crippen molar-refractivity contribution in [1.82, 2.24) is 5.32 Å². The second-order valence-electron chi connectivity index (χ2n) is 8.66. The molecule has 3 N–H and O–H groups in total. The molecule has 7 nitrogen and oxygen atoms in total. The Balaban J connectivity index is 1.51. The minimum atomic E-state index is -3.41. The molecule has 0 aliphatic rings. The molecule has 3 amide bonds. The predicted octanol–water partition coefficient (Wildman–Crippen LogP) is 5.78. The largest absolute Gasteiger partial charge is 0.326 e. The van der Waals surface area contributed by atoms with Gasteiger partial charge in [0.15, 0.2) is 9.84 Å². The Hall–Kier alpha value is -4.14. The first kappa shape index (κ1) is 26.9. The molecule has 4 rings (SSSR count). The molecule has 0 heterocycles. The van der Waals surface area contributed by atoms with Crippen LogP contribution in [-0.2, 0) is 21.1 Å². The average molecular weight is 548 g/mol. The summed E-state index contributed by atoms with van der Waals surface area (Å²) in [7, 11) is -3.41. The molecule has 0 radical (unpaired) electrons. The highest BCUT2D eigenvalue weighted by molar-refractivity contribution is 7.90. The average Bonchev–Trinajstić information content (AvgIpc) is 2.90. The van der Waals surface area contributed by atoms with Crippen LogP contribution in [0.4, 0.5) is 16.2 Å². The summed E-state index contributed by atoms with van der Waals surface area (Å²) in [6, 6.07) is 28.3. The van der Waals surface area contributed by atoms with Crippen molar-refractivity contribution in [2.45, 2.75) is 17.4 Å². The Bertz CT molecular complexity index is 1540. The molecule has 0 saturated carbocycles. The molecule has 4 aromatic carbocycles. The monoisotopic (exact) mass is 547 g/mol. The van der Waals surface area contributed by atoms with Crippen molar-refractivity contribution in [3.8, 4) is 11.1 Å². The fourth-order valence-corrected chi connectivity index (χ4v) is 5.02. The fourth-order valence-electron chi connectivity index (χ4n) is 3.93. The van der Waals surface area contributed by atoms with Crippen LogP contribution in [0.1, 0.15) is 5.56 Å². The second-order valence-corrected chi connectivity index (χ2v) is 11.0. The first-order valence-electron chi connectivity index (χ1n) is 11.8. The van der Waals surface area contributed by atoms with Crippen molar-refractivity contribution in [2.75, 3.05) is 16.9 Å². The lowest BCUT2D eigenvalue weighted by Crippen LogP contribution is -2.47. The zero-order valence-electron chi connectivity index (χ0n) is 20.5. The van der Waals surface area contributed by atoms with Gasteiger partial charge in [-0.25, -0.2) is 13.2 Å². The number of amides is 3. The van der Waals surface area contributed by atoms with Crippen molar-refractivity contribution in [3.05, 3.63) is 114 Å². The Labute approximate surface area is 226 Å². The van der Waals surface area contributed by atoms with Gasteiger partial charge in [-0.2, -0.15) is 0 Å². The molecule has 0 aliphatic carbocycles. The van der Waals surface area contributed by atoms with Gasteiger partial charge in [-0.15, -0.1) is 0 Å². The number of nitrogens with one attached hydrogen (secondary N) is 3. The van der Waals surface area contributed by atoms with Crippen LogP contribution >= 0.6 is 11.6 Å². The zero-order valence-corrected chi connectivity index (χ0v) is 22.1. The first-order valence-corrected chi connectivity index (χ1v) is 14.0. The van der Waals surface area contributed by atoms with E-state index in [1.807, 2.05) is 30.3 Å². The summed E-state index contributed by atoms with van der Waals surface area (Å²) in [6.07, 6.45) is 1.44. The third-order valence-electron chi connectivity index (χ3n) is 5.78. The van der Waals surface area contributed by atoms with Crippen LogP contribution in [-0.4, -0.2) is 32.7 Å². The minimum Gasteiger partial charge on any atom is -0.326 e. The van der Waals surface area contributed by atoms with Crippen LogP contribution in [0.2, 0.25) is 5.02 Å². The Morgan fingerprint density at radius 3 is 2.11 bits per heavy atom. The van der Waals surface area contributed by atoms with E-state index in [1.54, 1.807) is 72.8 Å². The molecule has 9 heteroatoms. The zero-order chi connectivity index (χ0) is 27.1. The minimum absolute atomic E-state index is 0.230. The highest BCUT2D eigenvalue weighted by Gasteiger charge is 2.22. The summed E-state index contributed by atoms with van der Waals surface area (Å²) in [5.74, 6) is -0.410. The Morgan fingerprint density at radius 1 is 0.789 bits per heavy atom. The van der Waals surface area contributed by atoms with E-state index in [0.29, 0.717) is 27.5 Å². The summed E-state index contributed by atoms with van der Waals surface area (Å²) in [5, 5.41) is 8.63. The maximum Gasteiger partial charge on any atom is 0.319 e. The Morgan fingerprint density at radius 2 is 1.42 bits per heavy atom. The van der Waals surface area contributed by atoms with Gasteiger partial charge in [-0.05, 0) is 41.5 Å². The molecule has 38 heavy (non-hydrogen) atoms. The van der Waals surface area contributed by atoms with E-state index in [9.17, 15) is 18.0 Å². The molecule has 0 bridgehead atoms. The molecule has 0 aliphatic heterocycles. The van der Waals surface area contributed by atoms with Gasteiger partial charge < -0.3 is 16.0 Å². The van der Waals surface area contributed by atoms with E-state index in [2.05, 4.69) is 16.0 Å². The first-order chi connectivity index (χ1) is 18.2. The van der Waals surface area contributed by atoms with Gasteiger partial charge in [0.25, 0.3) is 0 Å². The number of carbonyl (C=O) groups excluding carboxylic acids is 2. The molecule has 0 saturated heterocycles. The fraction of sp³-hybridized carbons (Fsp3) is 0.103. The number of benzene rings is 4. The van der Waals surface area contributed by atoms with Crippen LogP contribution in [0.15, 0.2) is 108 Å².